The molecule has 2 aliphatic carbocycles. The zero-order valence-electron chi connectivity index (χ0n) is 34.5. The highest BCUT2D eigenvalue weighted by atomic mass is 32.1. The number of fused-ring (bicyclic) bond motifs is 13. The van der Waals surface area contributed by atoms with Crippen molar-refractivity contribution in [3.63, 3.8) is 0 Å². The maximum atomic E-state index is 7.41. The maximum absolute atomic E-state index is 7.41. The van der Waals surface area contributed by atoms with Gasteiger partial charge in [0.2, 0.25) is 5.88 Å². The number of furan rings is 1. The summed E-state index contributed by atoms with van der Waals surface area (Å²) < 4.78 is 10.1. The van der Waals surface area contributed by atoms with Gasteiger partial charge in [0, 0.05) is 42.8 Å². The molecule has 4 aliphatic rings. The molecule has 0 N–H and O–H groups in total. The number of nitrogens with zero attached hydrogens (tertiary/aromatic N) is 2. The fraction of sp³-hybridized carbons (Fsp3) is 0.245. The summed E-state index contributed by atoms with van der Waals surface area (Å²) in [6.07, 6.45) is 3.72. The van der Waals surface area contributed by atoms with Gasteiger partial charge in [-0.3, -0.25) is 4.90 Å². The van der Waals surface area contributed by atoms with Gasteiger partial charge >= 0.3 is 0 Å². The molecule has 2 aliphatic heterocycles. The van der Waals surface area contributed by atoms with Gasteiger partial charge in [0.05, 0.1) is 11.4 Å². The number of benzene rings is 6. The molecular formula is C53H47BN2OS. The second-order valence-corrected chi connectivity index (χ2v) is 20.4. The molecular weight excluding hydrogens is 723 g/mol. The molecule has 5 heteroatoms. The van der Waals surface area contributed by atoms with Crippen molar-refractivity contribution in [2.24, 2.45) is 0 Å². The van der Waals surface area contributed by atoms with Crippen LogP contribution in [0.3, 0.4) is 0 Å². The molecule has 4 heterocycles. The minimum atomic E-state index is 0.00693. The summed E-state index contributed by atoms with van der Waals surface area (Å²) in [6, 6.07) is 45.8. The Kier molecular flexibility index (Phi) is 6.89. The number of para-hydroxylation sites is 1. The number of hydrogen-bond acceptors (Lipinski definition) is 4. The first-order valence-corrected chi connectivity index (χ1v) is 21.9. The summed E-state index contributed by atoms with van der Waals surface area (Å²) in [6.45, 7) is 16.5. The molecule has 2 atom stereocenters. The Morgan fingerprint density at radius 2 is 1.34 bits per heavy atom. The molecule has 1 fully saturated rings. The highest BCUT2D eigenvalue weighted by molar-refractivity contribution is 7.34. The first kappa shape index (κ1) is 34.5. The van der Waals surface area contributed by atoms with Crippen LogP contribution in [0, 0.1) is 13.8 Å². The second-order valence-electron chi connectivity index (χ2n) is 19.3. The third-order valence-corrected chi connectivity index (χ3v) is 15.5. The van der Waals surface area contributed by atoms with Crippen molar-refractivity contribution < 1.29 is 4.42 Å². The van der Waals surface area contributed by atoms with Crippen molar-refractivity contribution >= 4 is 89.1 Å². The molecule has 6 aromatic carbocycles. The van der Waals surface area contributed by atoms with Gasteiger partial charge in [-0.05, 0) is 154 Å². The first-order chi connectivity index (χ1) is 27.9. The highest BCUT2D eigenvalue weighted by Crippen LogP contribution is 2.61. The third-order valence-electron chi connectivity index (χ3n) is 14.3. The average molecular weight is 771 g/mol. The van der Waals surface area contributed by atoms with E-state index in [1.54, 1.807) is 0 Å². The standard InChI is InChI=1S/C53H47BN2OS/c1-31-24-42-47-43(25-31)56(41-20-18-34(26-32(41)2)33-14-10-8-11-15-33)50-46(37-28-39-40(29-44(37)57-50)53(7)23-22-52(39,6)30-53)54(47)49-48(55(42)36-16-12-9-13-17-36)38-27-35(51(3,4)5)19-21-45(38)58-49/h8-21,24-29H,22-23,30H2,1-7H3. The van der Waals surface area contributed by atoms with Gasteiger partial charge in [-0.15, -0.1) is 11.3 Å². The van der Waals surface area contributed by atoms with Gasteiger partial charge in [-0.25, -0.2) is 0 Å². The number of rotatable bonds is 3. The molecule has 2 unspecified atom stereocenters. The first-order valence-electron chi connectivity index (χ1n) is 21.0. The molecule has 0 spiro atoms. The summed E-state index contributed by atoms with van der Waals surface area (Å²) in [5, 5.41) is 2.59. The van der Waals surface area contributed by atoms with E-state index in [0.717, 1.165) is 17.2 Å². The van der Waals surface area contributed by atoms with E-state index in [-0.39, 0.29) is 23.0 Å². The van der Waals surface area contributed by atoms with E-state index in [4.69, 9.17) is 4.42 Å². The molecule has 8 aromatic rings. The van der Waals surface area contributed by atoms with Crippen LogP contribution >= 0.6 is 11.3 Å². The predicted molar refractivity (Wildman–Crippen MR) is 248 cm³/mol. The van der Waals surface area contributed by atoms with Gasteiger partial charge in [0.25, 0.3) is 6.71 Å². The summed E-state index contributed by atoms with van der Waals surface area (Å²) >= 11 is 1.97. The van der Waals surface area contributed by atoms with Crippen molar-refractivity contribution in [2.45, 2.75) is 84.0 Å². The van der Waals surface area contributed by atoms with E-state index < -0.39 is 0 Å². The van der Waals surface area contributed by atoms with Crippen LogP contribution in [0.1, 0.15) is 81.7 Å². The minimum Gasteiger partial charge on any atom is -0.440 e. The largest absolute Gasteiger partial charge is 0.440 e. The lowest BCUT2D eigenvalue weighted by molar-refractivity contribution is 0.483. The number of thiophene rings is 1. The fourth-order valence-corrected chi connectivity index (χ4v) is 12.8. The van der Waals surface area contributed by atoms with Crippen molar-refractivity contribution in [3.05, 3.63) is 149 Å². The summed E-state index contributed by atoms with van der Waals surface area (Å²) in [7, 11) is 0. The third kappa shape index (κ3) is 4.63. The quantitative estimate of drug-likeness (QED) is 0.167. The Labute approximate surface area is 346 Å². The van der Waals surface area contributed by atoms with Gasteiger partial charge in [0.1, 0.15) is 5.58 Å². The van der Waals surface area contributed by atoms with Gasteiger partial charge in [-0.2, -0.15) is 0 Å². The predicted octanol–water partition coefficient (Wildman–Crippen LogP) is 13.0. The van der Waals surface area contributed by atoms with Crippen LogP contribution in [0.4, 0.5) is 34.3 Å². The molecule has 0 saturated heterocycles. The maximum Gasteiger partial charge on any atom is 0.269 e. The molecule has 3 nitrogen and oxygen atoms in total. The van der Waals surface area contributed by atoms with E-state index in [1.807, 2.05) is 11.3 Å². The van der Waals surface area contributed by atoms with Crippen LogP contribution in [0.2, 0.25) is 0 Å². The molecule has 2 aromatic heterocycles. The smallest absolute Gasteiger partial charge is 0.269 e. The van der Waals surface area contributed by atoms with Crippen LogP contribution in [0.5, 0.6) is 0 Å². The van der Waals surface area contributed by atoms with E-state index in [9.17, 15) is 0 Å². The van der Waals surface area contributed by atoms with E-state index in [1.165, 1.54) is 112 Å². The Morgan fingerprint density at radius 3 is 2.05 bits per heavy atom. The Balaban J connectivity index is 1.20. The lowest BCUT2D eigenvalue weighted by Crippen LogP contribution is -2.60. The fourth-order valence-electron chi connectivity index (χ4n) is 11.5. The Bertz CT molecular complexity index is 3040. The summed E-state index contributed by atoms with van der Waals surface area (Å²) in [5.41, 5.74) is 19.5. The molecule has 284 valence electrons. The average Bonchev–Trinajstić information content (AvgIpc) is 3.93. The minimum absolute atomic E-state index is 0.00693. The number of anilines is 6. The van der Waals surface area contributed by atoms with Crippen LogP contribution < -0.4 is 25.5 Å². The van der Waals surface area contributed by atoms with E-state index in [2.05, 4.69) is 180 Å². The van der Waals surface area contributed by atoms with Crippen molar-refractivity contribution in [3.8, 4) is 11.1 Å². The van der Waals surface area contributed by atoms with Gasteiger partial charge in [-0.1, -0.05) is 95.3 Å². The van der Waals surface area contributed by atoms with Crippen LogP contribution in [0.25, 0.3) is 32.2 Å². The molecule has 12 rings (SSSR count). The van der Waals surface area contributed by atoms with E-state index >= 15 is 0 Å². The van der Waals surface area contributed by atoms with Crippen molar-refractivity contribution in [1.29, 1.82) is 0 Å². The lowest BCUT2D eigenvalue weighted by atomic mass is 9.36. The monoisotopic (exact) mass is 770 g/mol. The van der Waals surface area contributed by atoms with Crippen LogP contribution in [-0.2, 0) is 16.2 Å². The van der Waals surface area contributed by atoms with Gasteiger partial charge in [0.15, 0.2) is 0 Å². The normalized spacial score (nSPS) is 20.2. The van der Waals surface area contributed by atoms with Crippen LogP contribution in [-0.4, -0.2) is 6.71 Å². The topological polar surface area (TPSA) is 19.6 Å². The summed E-state index contributed by atoms with van der Waals surface area (Å²) in [5.74, 6) is 0.956. The molecule has 1 saturated carbocycles. The Hall–Kier alpha value is -5.52. The molecule has 2 bridgehead atoms. The zero-order chi connectivity index (χ0) is 39.5. The molecule has 0 amide bonds. The number of hydrogen-bond donors (Lipinski definition) is 0. The van der Waals surface area contributed by atoms with Gasteiger partial charge < -0.3 is 9.32 Å². The molecule has 58 heavy (non-hydrogen) atoms. The highest BCUT2D eigenvalue weighted by Gasteiger charge is 2.54. The Morgan fingerprint density at radius 1 is 0.655 bits per heavy atom. The number of aryl methyl sites for hydroxylation is 2. The lowest BCUT2D eigenvalue weighted by Gasteiger charge is -2.42. The van der Waals surface area contributed by atoms with Crippen LogP contribution in [0.15, 0.2) is 126 Å². The van der Waals surface area contributed by atoms with Crippen molar-refractivity contribution in [1.82, 2.24) is 0 Å². The van der Waals surface area contributed by atoms with E-state index in [0.29, 0.717) is 0 Å². The van der Waals surface area contributed by atoms with Crippen molar-refractivity contribution in [2.75, 3.05) is 9.80 Å². The molecule has 0 radical (unpaired) electrons. The zero-order valence-corrected chi connectivity index (χ0v) is 35.3. The summed E-state index contributed by atoms with van der Waals surface area (Å²) in [4.78, 5) is 5.06. The SMILES string of the molecule is Cc1cc2c3c(c1)N(c1ccccc1)c1c(sc4ccc(C(C)(C)C)cc14)B3c1c(oc3cc4c(cc13)C1(C)CCC4(C)C1)N2c1ccc(-c2ccccc2)cc1C. The second kappa shape index (κ2) is 11.6.